The molecule has 2 aromatic rings. The molecule has 5 nitrogen and oxygen atoms in total. The van der Waals surface area contributed by atoms with Crippen LogP contribution in [0.1, 0.15) is 17.5 Å². The predicted molar refractivity (Wildman–Crippen MR) is 103 cm³/mol. The number of rotatable bonds is 8. The third kappa shape index (κ3) is 4.29. The smallest absolute Gasteiger partial charge is 0.203 e. The molecular formula is C21H28N2O3. The number of nitrogens with zero attached hydrogens (tertiary/aromatic N) is 1. The minimum Gasteiger partial charge on any atom is -0.493 e. The SMILES string of the molecule is COc1ccc(CNC2CCN(Cc3ccccc3)C2)c(OC)c1OC. The molecule has 5 heteroatoms. The third-order valence-corrected chi connectivity index (χ3v) is 4.89. The van der Waals surface area contributed by atoms with Crippen LogP contribution in [-0.4, -0.2) is 45.4 Å². The maximum absolute atomic E-state index is 5.57. The number of benzene rings is 2. The van der Waals surface area contributed by atoms with E-state index in [0.717, 1.165) is 43.9 Å². The van der Waals surface area contributed by atoms with Crippen molar-refractivity contribution in [3.8, 4) is 17.2 Å². The zero-order chi connectivity index (χ0) is 18.4. The van der Waals surface area contributed by atoms with Gasteiger partial charge in [0.1, 0.15) is 0 Å². The summed E-state index contributed by atoms with van der Waals surface area (Å²) in [5, 5.41) is 3.66. The van der Waals surface area contributed by atoms with Gasteiger partial charge in [-0.15, -0.1) is 0 Å². The molecule has 0 amide bonds. The molecule has 1 unspecified atom stereocenters. The molecule has 140 valence electrons. The number of ether oxygens (including phenoxy) is 3. The highest BCUT2D eigenvalue weighted by molar-refractivity contribution is 5.55. The Morgan fingerprint density at radius 3 is 2.42 bits per heavy atom. The Labute approximate surface area is 155 Å². The first-order chi connectivity index (χ1) is 12.7. The van der Waals surface area contributed by atoms with E-state index in [4.69, 9.17) is 14.2 Å². The molecule has 1 heterocycles. The first-order valence-corrected chi connectivity index (χ1v) is 9.02. The van der Waals surface area contributed by atoms with Crippen LogP contribution in [0.5, 0.6) is 17.2 Å². The molecule has 0 bridgehead atoms. The minimum atomic E-state index is 0.483. The lowest BCUT2D eigenvalue weighted by Crippen LogP contribution is -2.32. The first-order valence-electron chi connectivity index (χ1n) is 9.02. The maximum atomic E-state index is 5.57. The summed E-state index contributed by atoms with van der Waals surface area (Å²) in [7, 11) is 4.93. The second-order valence-corrected chi connectivity index (χ2v) is 6.58. The normalized spacial score (nSPS) is 17.3. The van der Waals surface area contributed by atoms with Crippen molar-refractivity contribution in [1.82, 2.24) is 10.2 Å². The Hall–Kier alpha value is -2.24. The summed E-state index contributed by atoms with van der Waals surface area (Å²) in [6.07, 6.45) is 1.16. The molecule has 1 aliphatic rings. The maximum Gasteiger partial charge on any atom is 0.203 e. The van der Waals surface area contributed by atoms with E-state index in [0.29, 0.717) is 17.5 Å². The van der Waals surface area contributed by atoms with E-state index >= 15 is 0 Å². The fraction of sp³-hybridized carbons (Fsp3) is 0.429. The van der Waals surface area contributed by atoms with Crippen LogP contribution >= 0.6 is 0 Å². The number of methoxy groups -OCH3 is 3. The van der Waals surface area contributed by atoms with Gasteiger partial charge in [-0.1, -0.05) is 36.4 Å². The molecule has 0 radical (unpaired) electrons. The van der Waals surface area contributed by atoms with E-state index in [1.165, 1.54) is 5.56 Å². The van der Waals surface area contributed by atoms with Gasteiger partial charge in [-0.25, -0.2) is 0 Å². The summed E-state index contributed by atoms with van der Waals surface area (Å²) in [6, 6.07) is 15.1. The van der Waals surface area contributed by atoms with Gasteiger partial charge in [0.05, 0.1) is 21.3 Å². The van der Waals surface area contributed by atoms with Crippen LogP contribution in [0.15, 0.2) is 42.5 Å². The van der Waals surface area contributed by atoms with Crippen LogP contribution in [-0.2, 0) is 13.1 Å². The minimum absolute atomic E-state index is 0.483. The molecule has 0 spiro atoms. The van der Waals surface area contributed by atoms with Crippen molar-refractivity contribution in [3.63, 3.8) is 0 Å². The average molecular weight is 356 g/mol. The van der Waals surface area contributed by atoms with E-state index in [1.54, 1.807) is 21.3 Å². The molecule has 3 rings (SSSR count). The summed E-state index contributed by atoms with van der Waals surface area (Å²) in [4.78, 5) is 2.50. The van der Waals surface area contributed by atoms with Crippen LogP contribution in [0.3, 0.4) is 0 Å². The van der Waals surface area contributed by atoms with E-state index in [9.17, 15) is 0 Å². The Kier molecular flexibility index (Phi) is 6.36. The van der Waals surface area contributed by atoms with Gasteiger partial charge < -0.3 is 19.5 Å². The lowest BCUT2D eigenvalue weighted by Gasteiger charge is -2.19. The number of nitrogens with one attached hydrogen (secondary N) is 1. The quantitative estimate of drug-likeness (QED) is 0.787. The van der Waals surface area contributed by atoms with E-state index < -0.39 is 0 Å². The molecule has 2 aromatic carbocycles. The van der Waals surface area contributed by atoms with Crippen molar-refractivity contribution in [1.29, 1.82) is 0 Å². The number of hydrogen-bond acceptors (Lipinski definition) is 5. The second kappa shape index (κ2) is 8.92. The molecule has 0 aliphatic carbocycles. The van der Waals surface area contributed by atoms with Crippen molar-refractivity contribution < 1.29 is 14.2 Å². The van der Waals surface area contributed by atoms with E-state index in [-0.39, 0.29) is 0 Å². The number of hydrogen-bond donors (Lipinski definition) is 1. The Balaban J connectivity index is 1.58. The summed E-state index contributed by atoms with van der Waals surface area (Å²) in [6.45, 7) is 3.94. The highest BCUT2D eigenvalue weighted by Gasteiger charge is 2.23. The van der Waals surface area contributed by atoms with E-state index in [1.807, 2.05) is 12.1 Å². The topological polar surface area (TPSA) is 43.0 Å². The zero-order valence-electron chi connectivity index (χ0n) is 15.8. The van der Waals surface area contributed by atoms with Gasteiger partial charge >= 0.3 is 0 Å². The van der Waals surface area contributed by atoms with Gasteiger partial charge in [0, 0.05) is 37.8 Å². The van der Waals surface area contributed by atoms with Gasteiger partial charge in [-0.05, 0) is 18.1 Å². The van der Waals surface area contributed by atoms with Gasteiger partial charge in [0.25, 0.3) is 0 Å². The third-order valence-electron chi connectivity index (χ3n) is 4.89. The highest BCUT2D eigenvalue weighted by Crippen LogP contribution is 2.39. The average Bonchev–Trinajstić information content (AvgIpc) is 3.13. The summed E-state index contributed by atoms with van der Waals surface area (Å²) in [5.74, 6) is 2.06. The van der Waals surface area contributed by atoms with Crippen LogP contribution in [0.25, 0.3) is 0 Å². The van der Waals surface area contributed by atoms with Crippen LogP contribution < -0.4 is 19.5 Å². The van der Waals surface area contributed by atoms with Gasteiger partial charge in [0.15, 0.2) is 11.5 Å². The molecule has 0 aromatic heterocycles. The lowest BCUT2D eigenvalue weighted by atomic mass is 10.1. The van der Waals surface area contributed by atoms with Crippen molar-refractivity contribution in [3.05, 3.63) is 53.6 Å². The van der Waals surface area contributed by atoms with Crippen LogP contribution in [0.4, 0.5) is 0 Å². The molecular weight excluding hydrogens is 328 g/mol. The second-order valence-electron chi connectivity index (χ2n) is 6.58. The molecule has 1 N–H and O–H groups in total. The molecule has 0 saturated carbocycles. The summed E-state index contributed by atoms with van der Waals surface area (Å²) < 4.78 is 16.4. The van der Waals surface area contributed by atoms with Crippen molar-refractivity contribution in [2.24, 2.45) is 0 Å². The summed E-state index contributed by atoms with van der Waals surface area (Å²) in [5.41, 5.74) is 2.45. The van der Waals surface area contributed by atoms with Crippen molar-refractivity contribution in [2.75, 3.05) is 34.4 Å². The van der Waals surface area contributed by atoms with Gasteiger partial charge in [-0.3, -0.25) is 4.90 Å². The number of likely N-dealkylation sites (tertiary alicyclic amines) is 1. The molecule has 26 heavy (non-hydrogen) atoms. The van der Waals surface area contributed by atoms with Gasteiger partial charge in [-0.2, -0.15) is 0 Å². The van der Waals surface area contributed by atoms with Gasteiger partial charge in [0.2, 0.25) is 5.75 Å². The molecule has 1 fully saturated rings. The molecule has 1 aliphatic heterocycles. The van der Waals surface area contributed by atoms with Crippen LogP contribution in [0, 0.1) is 0 Å². The largest absolute Gasteiger partial charge is 0.493 e. The first kappa shape index (κ1) is 18.5. The van der Waals surface area contributed by atoms with Crippen molar-refractivity contribution in [2.45, 2.75) is 25.6 Å². The van der Waals surface area contributed by atoms with E-state index in [2.05, 4.69) is 40.5 Å². The fourth-order valence-corrected chi connectivity index (χ4v) is 3.54. The predicted octanol–water partition coefficient (Wildman–Crippen LogP) is 3.08. The Morgan fingerprint density at radius 1 is 0.962 bits per heavy atom. The molecule has 1 saturated heterocycles. The Bertz CT molecular complexity index is 706. The molecule has 1 atom stereocenters. The highest BCUT2D eigenvalue weighted by atomic mass is 16.5. The fourth-order valence-electron chi connectivity index (χ4n) is 3.54. The summed E-state index contributed by atoms with van der Waals surface area (Å²) >= 11 is 0. The lowest BCUT2D eigenvalue weighted by molar-refractivity contribution is 0.315. The zero-order valence-corrected chi connectivity index (χ0v) is 15.8. The monoisotopic (exact) mass is 356 g/mol. The van der Waals surface area contributed by atoms with Crippen LogP contribution in [0.2, 0.25) is 0 Å². The Morgan fingerprint density at radius 2 is 1.73 bits per heavy atom. The standard InChI is InChI=1S/C21H28N2O3/c1-24-19-10-9-17(20(25-2)21(19)26-3)13-22-18-11-12-23(15-18)14-16-7-5-4-6-8-16/h4-10,18,22H,11-15H2,1-3H3. The van der Waals surface area contributed by atoms with Crippen molar-refractivity contribution >= 4 is 0 Å².